The third-order valence-electron chi connectivity index (χ3n) is 1.85. The lowest BCUT2D eigenvalue weighted by molar-refractivity contribution is 0.194. The highest BCUT2D eigenvalue weighted by molar-refractivity contribution is 7.07. The Morgan fingerprint density at radius 1 is 1.46 bits per heavy atom. The molecule has 74 valence electrons. The highest BCUT2D eigenvalue weighted by Crippen LogP contribution is 2.08. The zero-order valence-corrected chi connectivity index (χ0v) is 8.46. The molecule has 1 aromatic heterocycles. The molecule has 0 saturated carbocycles. The molecule has 0 radical (unpaired) electrons. The zero-order chi connectivity index (χ0) is 9.52. The van der Waals surface area contributed by atoms with Crippen LogP contribution < -0.4 is 5.73 Å². The minimum atomic E-state index is 0.199. The summed E-state index contributed by atoms with van der Waals surface area (Å²) in [6.07, 6.45) is 0. The topological polar surface area (TPSA) is 49.5 Å². The van der Waals surface area contributed by atoms with Crippen molar-refractivity contribution in [3.63, 3.8) is 0 Å². The van der Waals surface area contributed by atoms with Crippen LogP contribution in [0.4, 0.5) is 0 Å². The molecule has 0 fully saturated rings. The second-order valence-electron chi connectivity index (χ2n) is 2.92. The normalized spacial score (nSPS) is 11.0. The van der Waals surface area contributed by atoms with Gasteiger partial charge in [0.2, 0.25) is 0 Å². The molecule has 0 spiro atoms. The van der Waals surface area contributed by atoms with E-state index in [4.69, 9.17) is 10.8 Å². The third-order valence-corrected chi connectivity index (χ3v) is 2.58. The SMILES string of the molecule is NCCN(CCO)Cc1ccsc1. The molecule has 0 aliphatic heterocycles. The summed E-state index contributed by atoms with van der Waals surface area (Å²) in [5, 5.41) is 13.0. The molecular weight excluding hydrogens is 184 g/mol. The minimum Gasteiger partial charge on any atom is -0.395 e. The summed E-state index contributed by atoms with van der Waals surface area (Å²) < 4.78 is 0. The summed E-state index contributed by atoms with van der Waals surface area (Å²) in [4.78, 5) is 2.15. The molecule has 0 aliphatic carbocycles. The van der Waals surface area contributed by atoms with Crippen molar-refractivity contribution in [1.29, 1.82) is 0 Å². The third kappa shape index (κ3) is 3.87. The highest BCUT2D eigenvalue weighted by atomic mass is 32.1. The standard InChI is InChI=1S/C9H16N2OS/c10-2-3-11(4-5-12)7-9-1-6-13-8-9/h1,6,8,12H,2-5,7,10H2. The van der Waals surface area contributed by atoms with E-state index in [1.54, 1.807) is 11.3 Å². The molecule has 0 atom stereocenters. The maximum Gasteiger partial charge on any atom is 0.0558 e. The first kappa shape index (κ1) is 10.7. The second kappa shape index (κ2) is 6.10. The Balaban J connectivity index is 2.37. The maximum atomic E-state index is 8.81. The molecule has 3 nitrogen and oxygen atoms in total. The summed E-state index contributed by atoms with van der Waals surface area (Å²) in [6.45, 7) is 3.28. The number of aliphatic hydroxyl groups is 1. The summed E-state index contributed by atoms with van der Waals surface area (Å²) in [5.41, 5.74) is 6.77. The lowest BCUT2D eigenvalue weighted by Gasteiger charge is -2.19. The van der Waals surface area contributed by atoms with Gasteiger partial charge in [0.1, 0.15) is 0 Å². The average molecular weight is 200 g/mol. The Bertz CT molecular complexity index is 207. The monoisotopic (exact) mass is 200 g/mol. The van der Waals surface area contributed by atoms with Gasteiger partial charge in [-0.25, -0.2) is 0 Å². The van der Waals surface area contributed by atoms with E-state index in [1.807, 2.05) is 0 Å². The molecule has 3 N–H and O–H groups in total. The van der Waals surface area contributed by atoms with Gasteiger partial charge in [0.05, 0.1) is 6.61 Å². The smallest absolute Gasteiger partial charge is 0.0558 e. The van der Waals surface area contributed by atoms with Crippen molar-refractivity contribution in [2.75, 3.05) is 26.2 Å². The Morgan fingerprint density at radius 3 is 2.85 bits per heavy atom. The van der Waals surface area contributed by atoms with Gasteiger partial charge in [-0.05, 0) is 22.4 Å². The van der Waals surface area contributed by atoms with Gasteiger partial charge in [0.15, 0.2) is 0 Å². The van der Waals surface area contributed by atoms with Crippen LogP contribution in [-0.2, 0) is 6.54 Å². The van der Waals surface area contributed by atoms with E-state index in [-0.39, 0.29) is 6.61 Å². The average Bonchev–Trinajstić information content (AvgIpc) is 2.58. The molecule has 1 aromatic rings. The minimum absolute atomic E-state index is 0.199. The molecular formula is C9H16N2OS. The van der Waals surface area contributed by atoms with Crippen LogP contribution in [0.5, 0.6) is 0 Å². The lowest BCUT2D eigenvalue weighted by Crippen LogP contribution is -2.31. The van der Waals surface area contributed by atoms with Crippen molar-refractivity contribution in [3.8, 4) is 0 Å². The van der Waals surface area contributed by atoms with Crippen molar-refractivity contribution >= 4 is 11.3 Å². The molecule has 0 unspecified atom stereocenters. The van der Waals surface area contributed by atoms with Gasteiger partial charge in [-0.1, -0.05) is 0 Å². The van der Waals surface area contributed by atoms with Crippen molar-refractivity contribution in [2.45, 2.75) is 6.54 Å². The van der Waals surface area contributed by atoms with Crippen LogP contribution in [0.3, 0.4) is 0 Å². The van der Waals surface area contributed by atoms with E-state index in [9.17, 15) is 0 Å². The Labute approximate surface area is 82.8 Å². The number of rotatable bonds is 6. The Morgan fingerprint density at radius 2 is 2.31 bits per heavy atom. The van der Waals surface area contributed by atoms with E-state index >= 15 is 0 Å². The largest absolute Gasteiger partial charge is 0.395 e. The summed E-state index contributed by atoms with van der Waals surface area (Å²) in [6, 6.07) is 2.10. The molecule has 0 aliphatic rings. The first-order valence-electron chi connectivity index (χ1n) is 4.41. The zero-order valence-electron chi connectivity index (χ0n) is 7.65. The van der Waals surface area contributed by atoms with Crippen LogP contribution in [0, 0.1) is 0 Å². The Hall–Kier alpha value is -0.420. The number of aliphatic hydroxyl groups excluding tert-OH is 1. The molecule has 4 heteroatoms. The molecule has 13 heavy (non-hydrogen) atoms. The van der Waals surface area contributed by atoms with Crippen LogP contribution in [0.1, 0.15) is 5.56 Å². The van der Waals surface area contributed by atoms with Crippen LogP contribution in [0.25, 0.3) is 0 Å². The molecule has 0 saturated heterocycles. The summed E-state index contributed by atoms with van der Waals surface area (Å²) >= 11 is 1.70. The van der Waals surface area contributed by atoms with Gasteiger partial charge in [0.25, 0.3) is 0 Å². The predicted octanol–water partition coefficient (Wildman–Crippen LogP) is 0.501. The second-order valence-corrected chi connectivity index (χ2v) is 3.70. The van der Waals surface area contributed by atoms with Crippen LogP contribution in [0.15, 0.2) is 16.8 Å². The van der Waals surface area contributed by atoms with Crippen LogP contribution >= 0.6 is 11.3 Å². The molecule has 0 aromatic carbocycles. The van der Waals surface area contributed by atoms with Gasteiger partial charge in [-0.3, -0.25) is 4.90 Å². The first-order chi connectivity index (χ1) is 6.36. The fraction of sp³-hybridized carbons (Fsp3) is 0.556. The highest BCUT2D eigenvalue weighted by Gasteiger charge is 2.03. The van der Waals surface area contributed by atoms with E-state index in [0.717, 1.165) is 13.1 Å². The van der Waals surface area contributed by atoms with E-state index < -0.39 is 0 Å². The molecule has 1 heterocycles. The Kier molecular flexibility index (Phi) is 5.00. The molecule has 0 bridgehead atoms. The molecule has 0 amide bonds. The van der Waals surface area contributed by atoms with Gasteiger partial charge < -0.3 is 10.8 Å². The summed E-state index contributed by atoms with van der Waals surface area (Å²) in [5.74, 6) is 0. The van der Waals surface area contributed by atoms with E-state index in [1.165, 1.54) is 5.56 Å². The number of nitrogens with two attached hydrogens (primary N) is 1. The first-order valence-corrected chi connectivity index (χ1v) is 5.35. The maximum absolute atomic E-state index is 8.81. The van der Waals surface area contributed by atoms with E-state index in [0.29, 0.717) is 13.1 Å². The molecule has 1 rings (SSSR count). The van der Waals surface area contributed by atoms with Crippen molar-refractivity contribution < 1.29 is 5.11 Å². The van der Waals surface area contributed by atoms with Crippen LogP contribution in [0.2, 0.25) is 0 Å². The van der Waals surface area contributed by atoms with Crippen molar-refractivity contribution in [1.82, 2.24) is 4.90 Å². The number of hydrogen-bond acceptors (Lipinski definition) is 4. The fourth-order valence-corrected chi connectivity index (χ4v) is 1.89. The lowest BCUT2D eigenvalue weighted by atomic mass is 10.3. The van der Waals surface area contributed by atoms with Crippen molar-refractivity contribution in [2.24, 2.45) is 5.73 Å². The van der Waals surface area contributed by atoms with E-state index in [2.05, 4.69) is 21.7 Å². The predicted molar refractivity (Wildman–Crippen MR) is 55.7 cm³/mol. The van der Waals surface area contributed by atoms with Gasteiger partial charge in [-0.15, -0.1) is 0 Å². The fourth-order valence-electron chi connectivity index (χ4n) is 1.23. The van der Waals surface area contributed by atoms with Gasteiger partial charge >= 0.3 is 0 Å². The number of nitrogens with zero attached hydrogens (tertiary/aromatic N) is 1. The van der Waals surface area contributed by atoms with Gasteiger partial charge in [-0.2, -0.15) is 11.3 Å². The van der Waals surface area contributed by atoms with Crippen molar-refractivity contribution in [3.05, 3.63) is 22.4 Å². The number of hydrogen-bond donors (Lipinski definition) is 2. The quantitative estimate of drug-likeness (QED) is 0.703. The summed E-state index contributed by atoms with van der Waals surface area (Å²) in [7, 11) is 0. The van der Waals surface area contributed by atoms with Crippen LogP contribution in [-0.4, -0.2) is 36.2 Å². The number of thiophene rings is 1. The van der Waals surface area contributed by atoms with Gasteiger partial charge in [0, 0.05) is 26.2 Å².